The Morgan fingerprint density at radius 2 is 1.95 bits per heavy atom. The third-order valence-electron chi connectivity index (χ3n) is 3.49. The first kappa shape index (κ1) is 15.2. The Hall–Kier alpha value is -1.20. The van der Waals surface area contributed by atoms with Crippen molar-refractivity contribution >= 4 is 16.7 Å². The second-order valence-corrected chi connectivity index (χ2v) is 6.45. The summed E-state index contributed by atoms with van der Waals surface area (Å²) >= 11 is 0. The van der Waals surface area contributed by atoms with Gasteiger partial charge in [0, 0.05) is 23.9 Å². The van der Waals surface area contributed by atoms with Crippen molar-refractivity contribution in [2.75, 3.05) is 32.1 Å². The molecule has 1 fully saturated rings. The molecule has 1 saturated heterocycles. The van der Waals surface area contributed by atoms with Crippen molar-refractivity contribution in [1.29, 1.82) is 0 Å². The van der Waals surface area contributed by atoms with Crippen molar-refractivity contribution in [3.8, 4) is 0 Å². The summed E-state index contributed by atoms with van der Waals surface area (Å²) in [5.41, 5.74) is 1.04. The van der Waals surface area contributed by atoms with Crippen molar-refractivity contribution in [2.45, 2.75) is 18.6 Å². The van der Waals surface area contributed by atoms with Crippen LogP contribution in [0.25, 0.3) is 0 Å². The Morgan fingerprint density at radius 1 is 1.30 bits per heavy atom. The lowest BCUT2D eigenvalue weighted by Gasteiger charge is -2.27. The van der Waals surface area contributed by atoms with E-state index in [1.165, 1.54) is 0 Å². The zero-order chi connectivity index (χ0) is 14.4. The summed E-state index contributed by atoms with van der Waals surface area (Å²) < 4.78 is 17.7. The van der Waals surface area contributed by atoms with Crippen LogP contribution < -0.4 is 0 Å². The van der Waals surface area contributed by atoms with Gasteiger partial charge in [0.05, 0.1) is 18.5 Å². The Bertz CT molecular complexity index is 457. The maximum atomic E-state index is 12.5. The predicted octanol–water partition coefficient (Wildman–Crippen LogP) is 1.75. The van der Waals surface area contributed by atoms with Crippen LogP contribution in [0.2, 0.25) is 0 Å². The molecule has 1 aromatic carbocycles. The van der Waals surface area contributed by atoms with E-state index in [-0.39, 0.29) is 16.9 Å². The molecule has 2 atom stereocenters. The van der Waals surface area contributed by atoms with Gasteiger partial charge in [-0.3, -0.25) is 9.00 Å². The molecule has 1 aromatic rings. The number of ether oxygens (including phenoxy) is 1. The molecule has 0 bridgehead atoms. The Balaban J connectivity index is 1.97. The SMILES string of the molecule is CC[C@H](c1ccccc1)[S@](=O)CC(=O)N1CCOCC1. The average molecular weight is 295 g/mol. The van der Waals surface area contributed by atoms with Crippen molar-refractivity contribution in [1.82, 2.24) is 4.90 Å². The van der Waals surface area contributed by atoms with Crippen molar-refractivity contribution in [2.24, 2.45) is 0 Å². The van der Waals surface area contributed by atoms with Gasteiger partial charge in [0.15, 0.2) is 0 Å². The minimum Gasteiger partial charge on any atom is -0.378 e. The van der Waals surface area contributed by atoms with Crippen LogP contribution in [0, 0.1) is 0 Å². The molecule has 0 unspecified atom stereocenters. The fourth-order valence-electron chi connectivity index (χ4n) is 2.37. The highest BCUT2D eigenvalue weighted by molar-refractivity contribution is 7.86. The van der Waals surface area contributed by atoms with Gasteiger partial charge < -0.3 is 9.64 Å². The molecule has 2 rings (SSSR count). The molecule has 1 aliphatic rings. The van der Waals surface area contributed by atoms with Crippen LogP contribution in [0.3, 0.4) is 0 Å². The summed E-state index contributed by atoms with van der Waals surface area (Å²) in [6.07, 6.45) is 0.771. The van der Waals surface area contributed by atoms with Crippen molar-refractivity contribution in [3.05, 3.63) is 35.9 Å². The van der Waals surface area contributed by atoms with E-state index in [1.807, 2.05) is 37.3 Å². The van der Waals surface area contributed by atoms with Crippen LogP contribution in [0.1, 0.15) is 24.2 Å². The molecule has 1 amide bonds. The van der Waals surface area contributed by atoms with Crippen LogP contribution in [0.5, 0.6) is 0 Å². The Kier molecular flexibility index (Phi) is 5.73. The summed E-state index contributed by atoms with van der Waals surface area (Å²) in [5, 5.41) is -0.0683. The smallest absolute Gasteiger partial charge is 0.235 e. The highest BCUT2D eigenvalue weighted by Gasteiger charge is 2.23. The molecule has 1 heterocycles. The molecular formula is C15H21NO3S. The van der Waals surface area contributed by atoms with E-state index in [0.717, 1.165) is 12.0 Å². The third-order valence-corrected chi connectivity index (χ3v) is 5.26. The lowest BCUT2D eigenvalue weighted by atomic mass is 10.1. The van der Waals surface area contributed by atoms with Gasteiger partial charge in [0.1, 0.15) is 5.75 Å². The molecule has 0 spiro atoms. The summed E-state index contributed by atoms with van der Waals surface area (Å²) in [6.45, 7) is 4.38. The number of rotatable bonds is 5. The van der Waals surface area contributed by atoms with E-state index in [2.05, 4.69) is 0 Å². The highest BCUT2D eigenvalue weighted by atomic mass is 32.2. The lowest BCUT2D eigenvalue weighted by molar-refractivity contribution is -0.132. The second-order valence-electron chi connectivity index (χ2n) is 4.83. The number of hydrogen-bond acceptors (Lipinski definition) is 3. The van der Waals surface area contributed by atoms with Crippen LogP contribution >= 0.6 is 0 Å². The molecule has 0 N–H and O–H groups in total. The molecule has 0 radical (unpaired) electrons. The van der Waals surface area contributed by atoms with Crippen LogP contribution in [-0.4, -0.2) is 47.1 Å². The Labute approximate surface area is 122 Å². The van der Waals surface area contributed by atoms with Gasteiger partial charge in [-0.1, -0.05) is 37.3 Å². The van der Waals surface area contributed by atoms with Gasteiger partial charge >= 0.3 is 0 Å². The first-order valence-electron chi connectivity index (χ1n) is 7.00. The zero-order valence-electron chi connectivity index (χ0n) is 11.8. The molecule has 0 aromatic heterocycles. The van der Waals surface area contributed by atoms with E-state index in [0.29, 0.717) is 26.3 Å². The van der Waals surface area contributed by atoms with Gasteiger partial charge in [0.25, 0.3) is 0 Å². The summed E-state index contributed by atoms with van der Waals surface area (Å²) in [7, 11) is -1.17. The van der Waals surface area contributed by atoms with Crippen molar-refractivity contribution < 1.29 is 13.7 Å². The van der Waals surface area contributed by atoms with E-state index in [9.17, 15) is 9.00 Å². The third kappa shape index (κ3) is 3.90. The predicted molar refractivity (Wildman–Crippen MR) is 79.9 cm³/mol. The van der Waals surface area contributed by atoms with Crippen LogP contribution in [-0.2, 0) is 20.3 Å². The Morgan fingerprint density at radius 3 is 2.55 bits per heavy atom. The van der Waals surface area contributed by atoms with E-state index in [1.54, 1.807) is 4.90 Å². The molecule has 1 aliphatic heterocycles. The molecule has 0 aliphatic carbocycles. The quantitative estimate of drug-likeness (QED) is 0.831. The van der Waals surface area contributed by atoms with Crippen LogP contribution in [0.15, 0.2) is 30.3 Å². The number of amides is 1. The number of carbonyl (C=O) groups is 1. The minimum atomic E-state index is -1.17. The monoisotopic (exact) mass is 295 g/mol. The maximum Gasteiger partial charge on any atom is 0.235 e. The van der Waals surface area contributed by atoms with Gasteiger partial charge in [-0.2, -0.15) is 0 Å². The minimum absolute atomic E-state index is 0.0268. The first-order chi connectivity index (χ1) is 9.72. The molecule has 110 valence electrons. The maximum absolute atomic E-state index is 12.5. The topological polar surface area (TPSA) is 46.6 Å². The van der Waals surface area contributed by atoms with E-state index >= 15 is 0 Å². The first-order valence-corrected chi connectivity index (χ1v) is 8.38. The van der Waals surface area contributed by atoms with Crippen molar-refractivity contribution in [3.63, 3.8) is 0 Å². The van der Waals surface area contributed by atoms with Gasteiger partial charge in [0.2, 0.25) is 5.91 Å². The highest BCUT2D eigenvalue weighted by Crippen LogP contribution is 2.23. The van der Waals surface area contributed by atoms with Crippen LogP contribution in [0.4, 0.5) is 0 Å². The molecule has 5 heteroatoms. The van der Waals surface area contributed by atoms with E-state index in [4.69, 9.17) is 4.74 Å². The number of carbonyl (C=O) groups excluding carboxylic acids is 1. The summed E-state index contributed by atoms with van der Waals surface area (Å²) in [5.74, 6) is 0.0777. The zero-order valence-corrected chi connectivity index (χ0v) is 12.6. The fraction of sp³-hybridized carbons (Fsp3) is 0.533. The summed E-state index contributed by atoms with van der Waals surface area (Å²) in [4.78, 5) is 13.9. The average Bonchev–Trinajstić information content (AvgIpc) is 2.50. The fourth-order valence-corrected chi connectivity index (χ4v) is 3.83. The molecule has 0 saturated carbocycles. The number of nitrogens with zero attached hydrogens (tertiary/aromatic N) is 1. The molecule has 4 nitrogen and oxygen atoms in total. The number of hydrogen-bond donors (Lipinski definition) is 0. The van der Waals surface area contributed by atoms with Gasteiger partial charge in [-0.05, 0) is 12.0 Å². The number of morpholine rings is 1. The van der Waals surface area contributed by atoms with Gasteiger partial charge in [-0.25, -0.2) is 0 Å². The van der Waals surface area contributed by atoms with Gasteiger partial charge in [-0.15, -0.1) is 0 Å². The lowest BCUT2D eigenvalue weighted by Crippen LogP contribution is -2.43. The standard InChI is InChI=1S/C15H21NO3S/c1-2-14(13-6-4-3-5-7-13)20(18)12-15(17)16-8-10-19-11-9-16/h3-7,14H,2,8-12H2,1H3/t14-,20-/m1/s1. The molecule has 20 heavy (non-hydrogen) atoms. The summed E-state index contributed by atoms with van der Waals surface area (Å²) in [6, 6.07) is 9.78. The van der Waals surface area contributed by atoms with E-state index < -0.39 is 10.8 Å². The largest absolute Gasteiger partial charge is 0.378 e. The normalized spacial score (nSPS) is 18.6. The number of benzene rings is 1. The molecular weight excluding hydrogens is 274 g/mol. The second kappa shape index (κ2) is 7.55.